The van der Waals surface area contributed by atoms with Gasteiger partial charge >= 0.3 is 6.09 Å². The van der Waals surface area contributed by atoms with E-state index in [1.165, 1.54) is 0 Å². The molecule has 46 heavy (non-hydrogen) atoms. The van der Waals surface area contributed by atoms with Gasteiger partial charge in [0.25, 0.3) is 0 Å². The van der Waals surface area contributed by atoms with E-state index in [0.717, 1.165) is 11.1 Å². The van der Waals surface area contributed by atoms with Crippen LogP contribution in [0.25, 0.3) is 0 Å². The van der Waals surface area contributed by atoms with E-state index in [2.05, 4.69) is 21.3 Å². The van der Waals surface area contributed by atoms with E-state index >= 15 is 0 Å². The fraction of sp³-hybridized carbons (Fsp3) is 0.500. The number of carbonyl (C=O) groups is 5. The second-order valence-electron chi connectivity index (χ2n) is 11.9. The number of benzene rings is 2. The molecule has 0 aliphatic carbocycles. The van der Waals surface area contributed by atoms with Crippen molar-refractivity contribution in [3.8, 4) is 0 Å². The van der Waals surface area contributed by atoms with Gasteiger partial charge in [0.05, 0.1) is 6.04 Å². The molecule has 0 heterocycles. The lowest BCUT2D eigenvalue weighted by Crippen LogP contribution is -2.56. The number of ether oxygens (including phenoxy) is 1. The molecule has 0 spiro atoms. The summed E-state index contributed by atoms with van der Waals surface area (Å²) in [4.78, 5) is 63.0. The van der Waals surface area contributed by atoms with E-state index in [1.54, 1.807) is 27.7 Å². The Hall–Kier alpha value is -4.29. The molecule has 0 aliphatic heterocycles. The fourth-order valence-electron chi connectivity index (χ4n) is 4.57. The number of hydrogen-bond acceptors (Lipinski definition) is 8. The summed E-state index contributed by atoms with van der Waals surface area (Å²) in [6.07, 6.45) is 1.51. The van der Waals surface area contributed by atoms with Crippen molar-refractivity contribution in [1.82, 2.24) is 21.3 Å². The summed E-state index contributed by atoms with van der Waals surface area (Å²) in [6.45, 7) is 6.48. The second-order valence-corrected chi connectivity index (χ2v) is 11.9. The normalized spacial score (nSPS) is 14.2. The molecule has 0 saturated carbocycles. The van der Waals surface area contributed by atoms with E-state index in [1.807, 2.05) is 60.7 Å². The SMILES string of the molecule is CC(C)C(NC(=O)C(N)C(C)CO)C(=O)NC(=O)CCCC[C@@H](Cc1ccccc1)NC(=O)[C@H](C)NC(=O)OCc1ccccc1. The first-order valence-electron chi connectivity index (χ1n) is 15.7. The summed E-state index contributed by atoms with van der Waals surface area (Å²) in [5.74, 6) is -2.85. The van der Waals surface area contributed by atoms with Crippen molar-refractivity contribution in [2.75, 3.05) is 6.61 Å². The number of aliphatic hydroxyl groups excluding tert-OH is 1. The average Bonchev–Trinajstić information content (AvgIpc) is 3.04. The summed E-state index contributed by atoms with van der Waals surface area (Å²) >= 11 is 0. The number of unbranched alkanes of at least 4 members (excludes halogenated alkanes) is 1. The molecule has 0 aromatic heterocycles. The van der Waals surface area contributed by atoms with Crippen LogP contribution in [0.15, 0.2) is 60.7 Å². The van der Waals surface area contributed by atoms with Crippen LogP contribution in [0.1, 0.15) is 64.5 Å². The number of carbonyl (C=O) groups excluding carboxylic acids is 5. The monoisotopic (exact) mass is 639 g/mol. The molecule has 0 radical (unpaired) electrons. The zero-order valence-corrected chi connectivity index (χ0v) is 27.2. The van der Waals surface area contributed by atoms with E-state index in [-0.39, 0.29) is 37.5 Å². The third-order valence-electron chi connectivity index (χ3n) is 7.53. The maximum Gasteiger partial charge on any atom is 0.408 e. The van der Waals surface area contributed by atoms with Gasteiger partial charge in [-0.25, -0.2) is 4.79 Å². The largest absolute Gasteiger partial charge is 0.445 e. The van der Waals surface area contributed by atoms with Crippen LogP contribution in [0.5, 0.6) is 0 Å². The van der Waals surface area contributed by atoms with Gasteiger partial charge in [-0.2, -0.15) is 0 Å². The number of nitrogens with two attached hydrogens (primary N) is 1. The Labute approximate surface area is 271 Å². The highest BCUT2D eigenvalue weighted by atomic mass is 16.5. The van der Waals surface area contributed by atoms with Gasteiger partial charge in [0.2, 0.25) is 23.6 Å². The molecule has 12 nitrogen and oxygen atoms in total. The predicted molar refractivity (Wildman–Crippen MR) is 174 cm³/mol. The first-order chi connectivity index (χ1) is 21.9. The van der Waals surface area contributed by atoms with Crippen molar-refractivity contribution in [2.24, 2.45) is 17.6 Å². The van der Waals surface area contributed by atoms with Crippen LogP contribution in [0.3, 0.4) is 0 Å². The molecule has 2 aromatic carbocycles. The average molecular weight is 640 g/mol. The molecule has 252 valence electrons. The van der Waals surface area contributed by atoms with Crippen LogP contribution >= 0.6 is 0 Å². The predicted octanol–water partition coefficient (Wildman–Crippen LogP) is 2.33. The minimum absolute atomic E-state index is 0.0722. The van der Waals surface area contributed by atoms with E-state index in [4.69, 9.17) is 10.5 Å². The number of amides is 5. The standard InChI is InChI=1S/C34H49N5O7/c1-22(2)30(39-32(43)29(35)23(3)20-40)33(44)38-28(41)18-12-11-17-27(19-25-13-7-5-8-14-25)37-31(42)24(4)36-34(45)46-21-26-15-9-6-10-16-26/h5-10,13-16,22-24,27,29-30,40H,11-12,17-21,35H2,1-4H3,(H,36,45)(H,37,42)(H,39,43)(H,38,41,44)/t23?,24-,27-,29?,30?/m0/s1. The summed E-state index contributed by atoms with van der Waals surface area (Å²) < 4.78 is 5.22. The van der Waals surface area contributed by atoms with E-state index in [9.17, 15) is 29.1 Å². The number of imide groups is 1. The van der Waals surface area contributed by atoms with Gasteiger partial charge in [-0.1, -0.05) is 87.9 Å². The number of rotatable bonds is 18. The Kier molecular flexibility index (Phi) is 16.4. The molecule has 5 amide bonds. The number of hydrogen-bond donors (Lipinski definition) is 6. The van der Waals surface area contributed by atoms with Crippen molar-refractivity contribution in [3.63, 3.8) is 0 Å². The van der Waals surface area contributed by atoms with Gasteiger partial charge in [0.15, 0.2) is 0 Å². The van der Waals surface area contributed by atoms with E-state index < -0.39 is 47.9 Å². The van der Waals surface area contributed by atoms with Crippen molar-refractivity contribution in [2.45, 2.75) is 90.6 Å². The topological polar surface area (TPSA) is 189 Å². The molecule has 0 aliphatic rings. The highest BCUT2D eigenvalue weighted by Crippen LogP contribution is 2.12. The maximum atomic E-state index is 13.0. The smallest absolute Gasteiger partial charge is 0.408 e. The van der Waals surface area contributed by atoms with Gasteiger partial charge in [0.1, 0.15) is 18.7 Å². The minimum atomic E-state index is -0.994. The Bertz CT molecular complexity index is 1260. The van der Waals surface area contributed by atoms with Gasteiger partial charge < -0.3 is 31.5 Å². The lowest BCUT2D eigenvalue weighted by molar-refractivity contribution is -0.135. The molecule has 7 N–H and O–H groups in total. The molecule has 3 unspecified atom stereocenters. The first kappa shape index (κ1) is 37.9. The van der Waals surface area contributed by atoms with Gasteiger partial charge in [-0.3, -0.25) is 24.5 Å². The quantitative estimate of drug-likeness (QED) is 0.134. The van der Waals surface area contributed by atoms with Crippen LogP contribution in [-0.2, 0) is 36.9 Å². The van der Waals surface area contributed by atoms with Crippen molar-refractivity contribution >= 4 is 29.7 Å². The second kappa shape index (κ2) is 20.0. The number of nitrogens with one attached hydrogen (secondary N) is 4. The summed E-state index contributed by atoms with van der Waals surface area (Å²) in [6, 6.07) is 15.8. The molecule has 0 saturated heterocycles. The molecular weight excluding hydrogens is 590 g/mol. The van der Waals surface area contributed by atoms with E-state index in [0.29, 0.717) is 25.7 Å². The van der Waals surface area contributed by atoms with Crippen molar-refractivity contribution in [1.29, 1.82) is 0 Å². The van der Waals surface area contributed by atoms with Gasteiger partial charge in [-0.15, -0.1) is 0 Å². The Morgan fingerprint density at radius 2 is 1.39 bits per heavy atom. The summed E-state index contributed by atoms with van der Waals surface area (Å²) in [7, 11) is 0. The minimum Gasteiger partial charge on any atom is -0.445 e. The molecule has 5 atom stereocenters. The Morgan fingerprint density at radius 1 is 0.783 bits per heavy atom. The van der Waals surface area contributed by atoms with Crippen LogP contribution in [-0.4, -0.2) is 65.6 Å². The number of alkyl carbamates (subject to hydrolysis) is 1. The van der Waals surface area contributed by atoms with Gasteiger partial charge in [0, 0.05) is 25.0 Å². The zero-order chi connectivity index (χ0) is 34.1. The van der Waals surface area contributed by atoms with Gasteiger partial charge in [-0.05, 0) is 43.2 Å². The highest BCUT2D eigenvalue weighted by Gasteiger charge is 2.29. The molecule has 12 heteroatoms. The molecule has 0 bridgehead atoms. The number of aliphatic hydroxyl groups is 1. The molecule has 0 fully saturated rings. The molecular formula is C34H49N5O7. The zero-order valence-electron chi connectivity index (χ0n) is 27.2. The summed E-state index contributed by atoms with van der Waals surface area (Å²) in [5, 5.41) is 19.8. The summed E-state index contributed by atoms with van der Waals surface area (Å²) in [5.41, 5.74) is 7.71. The highest BCUT2D eigenvalue weighted by molar-refractivity contribution is 5.99. The van der Waals surface area contributed by atoms with Crippen LogP contribution < -0.4 is 27.0 Å². The fourth-order valence-corrected chi connectivity index (χ4v) is 4.57. The molecule has 2 rings (SSSR count). The Morgan fingerprint density at radius 3 is 1.98 bits per heavy atom. The maximum absolute atomic E-state index is 13.0. The lowest BCUT2D eigenvalue weighted by Gasteiger charge is -2.24. The van der Waals surface area contributed by atoms with Crippen molar-refractivity contribution < 1.29 is 33.8 Å². The van der Waals surface area contributed by atoms with Crippen molar-refractivity contribution in [3.05, 3.63) is 71.8 Å². The third kappa shape index (κ3) is 13.8. The third-order valence-corrected chi connectivity index (χ3v) is 7.53. The van der Waals surface area contributed by atoms with Crippen LogP contribution in [0.4, 0.5) is 4.79 Å². The van der Waals surface area contributed by atoms with Crippen LogP contribution in [0.2, 0.25) is 0 Å². The first-order valence-corrected chi connectivity index (χ1v) is 15.7. The Balaban J connectivity index is 1.87. The lowest BCUT2D eigenvalue weighted by atomic mass is 9.99. The molecule has 2 aromatic rings. The van der Waals surface area contributed by atoms with Crippen LogP contribution in [0, 0.1) is 11.8 Å².